The second-order valence-electron chi connectivity index (χ2n) is 8.93. The van der Waals surface area contributed by atoms with Crippen LogP contribution in [0.15, 0.2) is 40.9 Å². The Morgan fingerprint density at radius 1 is 1.28 bits per heavy atom. The minimum atomic E-state index is -0.401. The number of urea groups is 1. The minimum Gasteiger partial charge on any atom is -0.484 e. The third-order valence-corrected chi connectivity index (χ3v) is 6.36. The Hall–Kier alpha value is -3.22. The van der Waals surface area contributed by atoms with Crippen LogP contribution in [0.25, 0.3) is 0 Å². The predicted octanol–water partition coefficient (Wildman–Crippen LogP) is 5.80. The van der Waals surface area contributed by atoms with Gasteiger partial charge in [-0.2, -0.15) is 0 Å². The summed E-state index contributed by atoms with van der Waals surface area (Å²) in [7, 11) is 0. The molecule has 0 bridgehead atoms. The second-order valence-corrected chi connectivity index (χ2v) is 8.93. The molecule has 0 radical (unpaired) electrons. The number of carbonyl (C=O) groups excluding carboxylic acids is 1. The number of nitrogens with one attached hydrogen (secondary N) is 1. The Morgan fingerprint density at radius 3 is 2.91 bits per heavy atom. The fraction of sp³-hybridized carbons (Fsp3) is 0.400. The average molecular weight is 435 g/mol. The maximum atomic E-state index is 14.4. The highest BCUT2D eigenvalue weighted by molar-refractivity contribution is 6.05. The first-order valence-electron chi connectivity index (χ1n) is 11.2. The van der Waals surface area contributed by atoms with Crippen LogP contribution in [0.1, 0.15) is 61.4 Å². The molecule has 6 nitrogen and oxygen atoms in total. The van der Waals surface area contributed by atoms with Crippen LogP contribution in [-0.2, 0) is 13.0 Å². The van der Waals surface area contributed by atoms with Gasteiger partial charge in [0.05, 0.1) is 17.9 Å². The molecule has 1 unspecified atom stereocenters. The normalized spacial score (nSPS) is 20.1. The average Bonchev–Trinajstić information content (AvgIpc) is 2.78. The first-order chi connectivity index (χ1) is 15.4. The largest absolute Gasteiger partial charge is 0.484 e. The summed E-state index contributed by atoms with van der Waals surface area (Å²) in [4.78, 5) is 23.5. The van der Waals surface area contributed by atoms with Gasteiger partial charge in [0.2, 0.25) is 0 Å². The molecule has 166 valence electrons. The lowest BCUT2D eigenvalue weighted by Gasteiger charge is -2.34. The number of aromatic nitrogens is 1. The Bertz CT molecular complexity index is 1150. The number of hydrogen-bond donors (Lipinski definition) is 1. The number of rotatable bonds is 3. The maximum Gasteiger partial charge on any atom is 0.326 e. The number of anilines is 2. The van der Waals surface area contributed by atoms with Crippen molar-refractivity contribution in [3.63, 3.8) is 0 Å². The number of carbonyl (C=O) groups is 1. The van der Waals surface area contributed by atoms with Gasteiger partial charge in [-0.15, -0.1) is 0 Å². The van der Waals surface area contributed by atoms with Crippen molar-refractivity contribution in [2.75, 3.05) is 10.2 Å². The molecular weight excluding hydrogens is 407 g/mol. The van der Waals surface area contributed by atoms with E-state index in [9.17, 15) is 9.18 Å². The highest BCUT2D eigenvalue weighted by Crippen LogP contribution is 2.39. The molecule has 0 saturated heterocycles. The van der Waals surface area contributed by atoms with Crippen LogP contribution in [0.5, 0.6) is 5.75 Å². The zero-order chi connectivity index (χ0) is 22.4. The van der Waals surface area contributed by atoms with E-state index in [1.54, 1.807) is 17.3 Å². The van der Waals surface area contributed by atoms with Crippen LogP contribution in [-0.4, -0.2) is 23.3 Å². The first-order valence-corrected chi connectivity index (χ1v) is 11.2. The van der Waals surface area contributed by atoms with E-state index in [-0.39, 0.29) is 17.8 Å². The summed E-state index contributed by atoms with van der Waals surface area (Å²) in [5.74, 6) is 0.751. The number of aryl methyl sites for hydroxylation is 2. The molecule has 7 heteroatoms. The number of benzene rings is 1. The zero-order valence-electron chi connectivity index (χ0n) is 18.6. The Labute approximate surface area is 187 Å². The van der Waals surface area contributed by atoms with Gasteiger partial charge in [-0.25, -0.2) is 9.18 Å². The highest BCUT2D eigenvalue weighted by Gasteiger charge is 2.31. The number of ether oxygens (including phenoxy) is 1. The summed E-state index contributed by atoms with van der Waals surface area (Å²) in [5.41, 5.74) is 6.09. The third-order valence-electron chi connectivity index (χ3n) is 6.36. The minimum absolute atomic E-state index is 0.181. The monoisotopic (exact) mass is 434 g/mol. The van der Waals surface area contributed by atoms with E-state index < -0.39 is 6.10 Å². The van der Waals surface area contributed by atoms with Crippen molar-refractivity contribution in [3.8, 4) is 5.75 Å². The zero-order valence-corrected chi connectivity index (χ0v) is 18.6. The van der Waals surface area contributed by atoms with Crippen molar-refractivity contribution in [3.05, 3.63) is 58.3 Å². The van der Waals surface area contributed by atoms with Gasteiger partial charge in [0.25, 0.3) is 0 Å². The van der Waals surface area contributed by atoms with Gasteiger partial charge in [-0.3, -0.25) is 14.9 Å². The molecule has 2 aromatic rings. The summed E-state index contributed by atoms with van der Waals surface area (Å²) in [6.07, 6.45) is 5.57. The van der Waals surface area contributed by atoms with Gasteiger partial charge >= 0.3 is 6.03 Å². The van der Waals surface area contributed by atoms with E-state index in [1.165, 1.54) is 0 Å². The van der Waals surface area contributed by atoms with Crippen molar-refractivity contribution in [1.29, 1.82) is 0 Å². The summed E-state index contributed by atoms with van der Waals surface area (Å²) in [6, 6.07) is 5.65. The van der Waals surface area contributed by atoms with Gasteiger partial charge in [-0.05, 0) is 49.3 Å². The fourth-order valence-corrected chi connectivity index (χ4v) is 4.73. The van der Waals surface area contributed by atoms with Crippen LogP contribution in [0.2, 0.25) is 0 Å². The quantitative estimate of drug-likeness (QED) is 0.663. The van der Waals surface area contributed by atoms with E-state index in [2.05, 4.69) is 35.2 Å². The second kappa shape index (κ2) is 8.04. The van der Waals surface area contributed by atoms with Crippen molar-refractivity contribution in [2.45, 2.75) is 65.0 Å². The molecule has 1 N–H and O–H groups in total. The van der Waals surface area contributed by atoms with Gasteiger partial charge < -0.3 is 10.1 Å². The third kappa shape index (κ3) is 3.55. The molecule has 32 heavy (non-hydrogen) atoms. The number of fused-ring (bicyclic) bond motifs is 2. The molecular formula is C25H27FN4O2. The molecule has 1 atom stereocenters. The van der Waals surface area contributed by atoms with Crippen molar-refractivity contribution in [1.82, 2.24) is 4.98 Å². The van der Waals surface area contributed by atoms with Gasteiger partial charge in [0, 0.05) is 36.2 Å². The fourth-order valence-electron chi connectivity index (χ4n) is 4.73. The van der Waals surface area contributed by atoms with Crippen LogP contribution < -0.4 is 15.0 Å². The number of amides is 2. The van der Waals surface area contributed by atoms with Gasteiger partial charge in [-0.1, -0.05) is 19.9 Å². The van der Waals surface area contributed by atoms with Crippen molar-refractivity contribution < 1.29 is 13.9 Å². The van der Waals surface area contributed by atoms with Crippen LogP contribution in [0, 0.1) is 6.92 Å². The van der Waals surface area contributed by atoms with E-state index >= 15 is 0 Å². The predicted molar refractivity (Wildman–Crippen MR) is 123 cm³/mol. The first kappa shape index (κ1) is 20.7. The molecule has 1 aromatic carbocycles. The number of hydrogen-bond acceptors (Lipinski definition) is 4. The molecule has 5 rings (SSSR count). The molecule has 2 amide bonds. The number of nitrogens with zero attached hydrogens (tertiary/aromatic N) is 3. The molecule has 0 spiro atoms. The lowest BCUT2D eigenvalue weighted by molar-refractivity contribution is 0.201. The Morgan fingerprint density at radius 2 is 2.12 bits per heavy atom. The van der Waals surface area contributed by atoms with E-state index in [1.807, 2.05) is 19.1 Å². The molecule has 3 aliphatic heterocycles. The summed E-state index contributed by atoms with van der Waals surface area (Å²) in [6.45, 7) is 6.65. The molecule has 0 fully saturated rings. The smallest absolute Gasteiger partial charge is 0.326 e. The summed E-state index contributed by atoms with van der Waals surface area (Å²) < 4.78 is 20.6. The number of pyridine rings is 1. The number of allylic oxidation sites excluding steroid dienone is 1. The summed E-state index contributed by atoms with van der Waals surface area (Å²) in [5, 5.41) is 3.01. The van der Waals surface area contributed by atoms with Gasteiger partial charge in [0.15, 0.2) is 0 Å². The van der Waals surface area contributed by atoms with Crippen LogP contribution in [0.3, 0.4) is 0 Å². The molecule has 1 aromatic heterocycles. The lowest BCUT2D eigenvalue weighted by atomic mass is 9.96. The summed E-state index contributed by atoms with van der Waals surface area (Å²) >= 11 is 0. The topological polar surface area (TPSA) is 66.8 Å². The number of aliphatic imine (C=N–C) groups is 1. The van der Waals surface area contributed by atoms with Crippen LogP contribution in [0.4, 0.5) is 20.6 Å². The van der Waals surface area contributed by atoms with E-state index in [0.29, 0.717) is 37.3 Å². The lowest BCUT2D eigenvalue weighted by Crippen LogP contribution is -2.40. The van der Waals surface area contributed by atoms with Crippen molar-refractivity contribution >= 4 is 23.6 Å². The SMILES string of the molecule is Cc1cc2c(cc1N1Cc3c(ccnc3C(C)C)NC1=O)OC(C1=C(F)CCC=N1)CC2. The molecule has 3 aliphatic rings. The Balaban J connectivity index is 1.49. The Kier molecular flexibility index (Phi) is 5.19. The van der Waals surface area contributed by atoms with E-state index in [4.69, 9.17) is 4.74 Å². The number of halogens is 1. The highest BCUT2D eigenvalue weighted by atomic mass is 19.1. The van der Waals surface area contributed by atoms with E-state index in [0.717, 1.165) is 40.2 Å². The van der Waals surface area contributed by atoms with Crippen molar-refractivity contribution in [2.24, 2.45) is 4.99 Å². The standard InChI is InChI=1S/C25H27FN4O2/c1-14(2)23-17-13-30(25(31)29-19(17)8-10-28-23)20-12-22-16(11-15(20)3)6-7-21(32-22)24-18(26)5-4-9-27-24/h8-12,14,21H,4-7,13H2,1-3H3,(H,29,31). The molecule has 0 aliphatic carbocycles. The maximum absolute atomic E-state index is 14.4. The molecule has 0 saturated carbocycles. The van der Waals surface area contributed by atoms with Gasteiger partial charge in [0.1, 0.15) is 23.4 Å². The molecule has 4 heterocycles. The van der Waals surface area contributed by atoms with Crippen LogP contribution >= 0.6 is 0 Å².